The van der Waals surface area contributed by atoms with Gasteiger partial charge in [0.15, 0.2) is 0 Å². The second kappa shape index (κ2) is 27.1. The third-order valence-electron chi connectivity index (χ3n) is 19.0. The van der Waals surface area contributed by atoms with Gasteiger partial charge >= 0.3 is 0 Å². The van der Waals surface area contributed by atoms with Gasteiger partial charge in [0.2, 0.25) is 35.4 Å². The summed E-state index contributed by atoms with van der Waals surface area (Å²) in [5.74, 6) is -2.09. The Hall–Kier alpha value is -7.44. The molecule has 10 rings (SSSR count). The van der Waals surface area contributed by atoms with Crippen molar-refractivity contribution >= 4 is 47.3 Å². The van der Waals surface area contributed by atoms with Crippen LogP contribution in [0.2, 0.25) is 0 Å². The van der Waals surface area contributed by atoms with E-state index in [-0.39, 0.29) is 59.1 Å². The highest BCUT2D eigenvalue weighted by molar-refractivity contribution is 5.98. The number of hydrogen-bond donors (Lipinski definition) is 8. The number of carbonyl (C=O) groups excluding carboxylic acids is 8. The van der Waals surface area contributed by atoms with E-state index in [1.807, 2.05) is 72.8 Å². The summed E-state index contributed by atoms with van der Waals surface area (Å²) in [4.78, 5) is 115. The molecule has 18 nitrogen and oxygen atoms in total. The van der Waals surface area contributed by atoms with Crippen LogP contribution in [0.25, 0.3) is 11.1 Å². The predicted octanol–water partition coefficient (Wildman–Crippen LogP) is 5.71. The van der Waals surface area contributed by atoms with E-state index in [0.29, 0.717) is 62.7 Å². The van der Waals surface area contributed by atoms with Gasteiger partial charge in [-0.25, -0.2) is 0 Å². The standard InChI is InChI=1S/C66H84N10O8/c1-39(67-3)59(77)71-55(43-17-7-5-8-18-43)65(83)75-35-15-25-53(75)63(81)73-57-49-23-13-11-21-47(49)37-51(57)69-61(79)45-31-27-41(28-32-45)42-29-33-46(34-30-42)62(80)70-52-38-48-22-12-14-24-50(48)58(52)74-64(82)54-26-16-36-76(54)66(84)56(44-19-9-6-10-20-44)72-60(78)40(2)68-4/h11-14,21-24,27-34,39-40,43-44,51-58,67-68H,5-10,15-20,25-26,35-38H2,1-4H3,(H,69,79)(H,70,80)(H,71,77)(H,72,78)(H,73,81)(H,74,82)/t39-,40-,51+,52+,53-,54-,55-,56-,57-,58-/m0/s1. The average molecular weight is 1150 g/mol. The van der Waals surface area contributed by atoms with E-state index in [2.05, 4.69) is 42.5 Å². The van der Waals surface area contributed by atoms with E-state index in [4.69, 9.17) is 0 Å². The van der Waals surface area contributed by atoms with E-state index in [1.165, 1.54) is 0 Å². The monoisotopic (exact) mass is 1140 g/mol. The first kappa shape index (κ1) is 59.7. The van der Waals surface area contributed by atoms with Crippen molar-refractivity contribution in [3.05, 3.63) is 130 Å². The topological polar surface area (TPSA) is 239 Å². The van der Waals surface area contributed by atoms with E-state index >= 15 is 0 Å². The molecule has 2 saturated heterocycles. The fraction of sp³-hybridized carbons (Fsp3) is 0.515. The summed E-state index contributed by atoms with van der Waals surface area (Å²) in [6, 6.07) is 24.3. The Labute approximate surface area is 493 Å². The third-order valence-corrected chi connectivity index (χ3v) is 19.0. The predicted molar refractivity (Wildman–Crippen MR) is 320 cm³/mol. The van der Waals surface area contributed by atoms with Crippen LogP contribution in [-0.2, 0) is 41.6 Å². The lowest BCUT2D eigenvalue weighted by molar-refractivity contribution is -0.143. The fourth-order valence-electron chi connectivity index (χ4n) is 13.9. The van der Waals surface area contributed by atoms with Crippen LogP contribution >= 0.6 is 0 Å². The summed E-state index contributed by atoms with van der Waals surface area (Å²) in [6.07, 6.45) is 12.8. The molecule has 2 heterocycles. The molecule has 0 radical (unpaired) electrons. The van der Waals surface area contributed by atoms with Gasteiger partial charge in [0.25, 0.3) is 11.8 Å². The van der Waals surface area contributed by atoms with Crippen LogP contribution in [0.4, 0.5) is 0 Å². The minimum absolute atomic E-state index is 0.00312. The molecule has 8 N–H and O–H groups in total. The van der Waals surface area contributed by atoms with Crippen molar-refractivity contribution in [3.63, 3.8) is 0 Å². The van der Waals surface area contributed by atoms with Crippen LogP contribution in [-0.4, -0.2) is 133 Å². The Morgan fingerprint density at radius 3 is 1.18 bits per heavy atom. The van der Waals surface area contributed by atoms with Crippen LogP contribution in [0.3, 0.4) is 0 Å². The lowest BCUT2D eigenvalue weighted by Crippen LogP contribution is -2.58. The summed E-state index contributed by atoms with van der Waals surface area (Å²) in [5, 5.41) is 25.0. The molecule has 18 heteroatoms. The minimum Gasteiger partial charge on any atom is -0.347 e. The second-order valence-electron chi connectivity index (χ2n) is 24.3. The highest BCUT2D eigenvalue weighted by Crippen LogP contribution is 2.36. The molecule has 84 heavy (non-hydrogen) atoms. The number of hydrogen-bond acceptors (Lipinski definition) is 10. The second-order valence-corrected chi connectivity index (χ2v) is 24.3. The average Bonchev–Trinajstić information content (AvgIpc) is 4.50. The highest BCUT2D eigenvalue weighted by Gasteiger charge is 2.45. The molecular formula is C66H84N10O8. The van der Waals surface area contributed by atoms with Gasteiger partial charge in [-0.1, -0.05) is 111 Å². The number of rotatable bonds is 19. The summed E-state index contributed by atoms with van der Waals surface area (Å²) < 4.78 is 0. The zero-order chi connectivity index (χ0) is 59.0. The number of benzene rings is 4. The van der Waals surface area contributed by atoms with Gasteiger partial charge in [0.1, 0.15) is 24.2 Å². The van der Waals surface area contributed by atoms with Gasteiger partial charge in [-0.05, 0) is 162 Å². The van der Waals surface area contributed by atoms with Crippen molar-refractivity contribution in [2.75, 3.05) is 27.2 Å². The molecule has 0 aromatic heterocycles. The first-order chi connectivity index (χ1) is 40.7. The summed E-state index contributed by atoms with van der Waals surface area (Å²) in [7, 11) is 3.42. The number of likely N-dealkylation sites (N-methyl/N-ethyl adjacent to an activating group) is 2. The van der Waals surface area contributed by atoms with Gasteiger partial charge in [-0.15, -0.1) is 0 Å². The van der Waals surface area contributed by atoms with Crippen molar-refractivity contribution < 1.29 is 38.4 Å². The molecule has 10 atom stereocenters. The Bertz CT molecular complexity index is 2850. The molecular weight excluding hydrogens is 1060 g/mol. The van der Waals surface area contributed by atoms with Gasteiger partial charge in [0, 0.05) is 24.2 Å². The highest BCUT2D eigenvalue weighted by atomic mass is 16.2. The largest absolute Gasteiger partial charge is 0.347 e. The molecule has 6 aliphatic rings. The fourth-order valence-corrected chi connectivity index (χ4v) is 13.9. The van der Waals surface area contributed by atoms with Crippen molar-refractivity contribution in [2.45, 2.75) is 177 Å². The van der Waals surface area contributed by atoms with Crippen LogP contribution in [0.15, 0.2) is 97.1 Å². The zero-order valence-electron chi connectivity index (χ0n) is 49.1. The number of nitrogens with one attached hydrogen (secondary N) is 8. The maximum Gasteiger partial charge on any atom is 0.251 e. The molecule has 0 bridgehead atoms. The minimum atomic E-state index is -0.714. The van der Waals surface area contributed by atoms with Crippen molar-refractivity contribution in [1.29, 1.82) is 0 Å². The van der Waals surface area contributed by atoms with Crippen molar-refractivity contribution in [2.24, 2.45) is 11.8 Å². The molecule has 4 aromatic rings. The maximum absolute atomic E-state index is 14.4. The molecule has 2 aliphatic heterocycles. The maximum atomic E-state index is 14.4. The van der Waals surface area contributed by atoms with Crippen molar-refractivity contribution in [1.82, 2.24) is 52.3 Å². The van der Waals surface area contributed by atoms with Crippen molar-refractivity contribution in [3.8, 4) is 11.1 Å². The zero-order valence-corrected chi connectivity index (χ0v) is 49.1. The van der Waals surface area contributed by atoms with Crippen LogP contribution in [0.5, 0.6) is 0 Å². The molecule has 4 aromatic carbocycles. The van der Waals surface area contributed by atoms with Crippen LogP contribution in [0.1, 0.15) is 159 Å². The number of likely N-dealkylation sites (tertiary alicyclic amines) is 2. The van der Waals surface area contributed by atoms with Gasteiger partial charge in [0.05, 0.1) is 36.3 Å². The van der Waals surface area contributed by atoms with Gasteiger partial charge < -0.3 is 52.3 Å². The Balaban J connectivity index is 0.764. The first-order valence-corrected chi connectivity index (χ1v) is 30.9. The molecule has 2 saturated carbocycles. The van der Waals surface area contributed by atoms with Crippen LogP contribution in [0, 0.1) is 11.8 Å². The Morgan fingerprint density at radius 2 is 0.810 bits per heavy atom. The molecule has 0 unspecified atom stereocenters. The first-order valence-electron chi connectivity index (χ1n) is 30.9. The van der Waals surface area contributed by atoms with E-state index < -0.39 is 60.4 Å². The van der Waals surface area contributed by atoms with E-state index in [1.54, 1.807) is 62.0 Å². The number of amides is 8. The summed E-state index contributed by atoms with van der Waals surface area (Å²) in [5.41, 5.74) is 6.40. The summed E-state index contributed by atoms with van der Waals surface area (Å²) >= 11 is 0. The number of nitrogens with zero attached hydrogens (tertiary/aromatic N) is 2. The Kier molecular flexibility index (Phi) is 19.2. The lowest BCUT2D eigenvalue weighted by atomic mass is 9.83. The molecule has 4 aliphatic carbocycles. The van der Waals surface area contributed by atoms with Gasteiger partial charge in [-0.3, -0.25) is 38.4 Å². The number of carbonyl (C=O) groups is 8. The quantitative estimate of drug-likeness (QED) is 0.0570. The van der Waals surface area contributed by atoms with E-state index in [0.717, 1.165) is 97.6 Å². The molecule has 4 fully saturated rings. The number of fused-ring (bicyclic) bond motifs is 2. The SMILES string of the molecule is CN[C@@H](C)C(=O)N[C@H](C(=O)N1CCC[C@H]1C(=O)N[C@H]1c2ccccc2C[C@H]1NC(=O)c1ccc(-c2ccc(C(=O)N[C@@H]3Cc4ccccc4[C@@H]3NC(=O)[C@@H]3CCCN3C(=O)[C@@H](NC(=O)[C@H](C)NC)C3CCCCC3)cc2)cc1)C1CCCCC1. The normalized spacial score (nSPS) is 23.7. The smallest absolute Gasteiger partial charge is 0.251 e. The molecule has 0 spiro atoms. The Morgan fingerprint density at radius 1 is 0.440 bits per heavy atom. The lowest BCUT2D eigenvalue weighted by Gasteiger charge is -2.35. The van der Waals surface area contributed by atoms with E-state index in [9.17, 15) is 38.4 Å². The third kappa shape index (κ3) is 13.2. The summed E-state index contributed by atoms with van der Waals surface area (Å²) in [6.45, 7) is 4.36. The van der Waals surface area contributed by atoms with Crippen LogP contribution < -0.4 is 42.5 Å². The molecule has 8 amide bonds. The van der Waals surface area contributed by atoms with Gasteiger partial charge in [-0.2, -0.15) is 0 Å². The molecule has 446 valence electrons.